The highest BCUT2D eigenvalue weighted by Gasteiger charge is 2.11. The van der Waals surface area contributed by atoms with Gasteiger partial charge in [-0.3, -0.25) is 20.8 Å². The van der Waals surface area contributed by atoms with Crippen LogP contribution < -0.4 is 11.1 Å². The van der Waals surface area contributed by atoms with Gasteiger partial charge in [0.1, 0.15) is 0 Å². The molecule has 5 N–H and O–H groups in total. The van der Waals surface area contributed by atoms with Crippen molar-refractivity contribution in [3.05, 3.63) is 36.2 Å². The standard InChI is InChI=1S/C16H23N7S/c1-3-23(16(19)24-15(17)18)9-8-20-11(2)12-4-5-13-14(10-12)22-7-6-21-13/h4-7,10-11,19-20H,3,8-9H2,1-2H3,(H3,17,18). The number of likely N-dealkylation sites (N-methyl/N-ethyl adjacent to an activating group) is 1. The zero-order valence-electron chi connectivity index (χ0n) is 13.9. The molecular weight excluding hydrogens is 322 g/mol. The Morgan fingerprint density at radius 3 is 2.67 bits per heavy atom. The molecule has 2 aromatic rings. The van der Waals surface area contributed by atoms with Gasteiger partial charge < -0.3 is 16.0 Å². The van der Waals surface area contributed by atoms with Crippen LogP contribution in [0, 0.1) is 10.8 Å². The third-order valence-corrected chi connectivity index (χ3v) is 4.37. The fraction of sp³-hybridized carbons (Fsp3) is 0.375. The largest absolute Gasteiger partial charge is 0.378 e. The van der Waals surface area contributed by atoms with Crippen LogP contribution in [0.2, 0.25) is 0 Å². The number of rotatable bonds is 6. The van der Waals surface area contributed by atoms with Gasteiger partial charge >= 0.3 is 0 Å². The highest BCUT2D eigenvalue weighted by atomic mass is 32.2. The quantitative estimate of drug-likeness (QED) is 0.471. The van der Waals surface area contributed by atoms with Gasteiger partial charge in [0.2, 0.25) is 0 Å². The second-order valence-corrected chi connectivity index (χ2v) is 6.36. The van der Waals surface area contributed by atoms with Crippen molar-refractivity contribution in [2.24, 2.45) is 5.73 Å². The van der Waals surface area contributed by atoms with Crippen molar-refractivity contribution < 1.29 is 0 Å². The smallest absolute Gasteiger partial charge is 0.164 e. The molecule has 0 aliphatic heterocycles. The van der Waals surface area contributed by atoms with Gasteiger partial charge in [-0.1, -0.05) is 6.07 Å². The summed E-state index contributed by atoms with van der Waals surface area (Å²) < 4.78 is 0. The van der Waals surface area contributed by atoms with Crippen LogP contribution in [0.1, 0.15) is 25.5 Å². The molecule has 1 atom stereocenters. The maximum absolute atomic E-state index is 7.94. The molecule has 24 heavy (non-hydrogen) atoms. The summed E-state index contributed by atoms with van der Waals surface area (Å²) in [5.74, 6) is 0. The summed E-state index contributed by atoms with van der Waals surface area (Å²) >= 11 is 0.971. The van der Waals surface area contributed by atoms with Gasteiger partial charge in [0.25, 0.3) is 0 Å². The summed E-state index contributed by atoms with van der Waals surface area (Å²) in [6.45, 7) is 6.21. The fourth-order valence-corrected chi connectivity index (χ4v) is 2.91. The van der Waals surface area contributed by atoms with Crippen LogP contribution in [0.15, 0.2) is 30.6 Å². The second kappa shape index (κ2) is 8.60. The predicted molar refractivity (Wildman–Crippen MR) is 100 cm³/mol. The third kappa shape index (κ3) is 4.90. The van der Waals surface area contributed by atoms with Gasteiger partial charge in [-0.05, 0) is 43.3 Å². The Morgan fingerprint density at radius 2 is 2.00 bits per heavy atom. The summed E-state index contributed by atoms with van der Waals surface area (Å²) in [5, 5.41) is 18.9. The lowest BCUT2D eigenvalue weighted by molar-refractivity contribution is 0.420. The van der Waals surface area contributed by atoms with Crippen LogP contribution in [0.25, 0.3) is 11.0 Å². The Balaban J connectivity index is 1.90. The molecule has 0 bridgehead atoms. The minimum atomic E-state index is -0.0583. The summed E-state index contributed by atoms with van der Waals surface area (Å²) in [6.07, 6.45) is 3.39. The van der Waals surface area contributed by atoms with Crippen molar-refractivity contribution in [1.82, 2.24) is 20.2 Å². The Hall–Kier alpha value is -2.19. The van der Waals surface area contributed by atoms with Crippen molar-refractivity contribution >= 4 is 33.1 Å². The van der Waals surface area contributed by atoms with Gasteiger partial charge in [0.15, 0.2) is 10.3 Å². The number of thioether (sulfide) groups is 1. The van der Waals surface area contributed by atoms with Crippen LogP contribution >= 0.6 is 11.8 Å². The Morgan fingerprint density at radius 1 is 1.29 bits per heavy atom. The molecule has 0 amide bonds. The van der Waals surface area contributed by atoms with E-state index in [1.54, 1.807) is 12.4 Å². The van der Waals surface area contributed by atoms with E-state index in [4.69, 9.17) is 16.6 Å². The molecule has 0 saturated carbocycles. The molecule has 2 rings (SSSR count). The van der Waals surface area contributed by atoms with E-state index in [0.29, 0.717) is 18.3 Å². The van der Waals surface area contributed by atoms with E-state index < -0.39 is 0 Å². The van der Waals surface area contributed by atoms with Crippen LogP contribution in [-0.4, -0.2) is 44.8 Å². The minimum Gasteiger partial charge on any atom is -0.378 e. The van der Waals surface area contributed by atoms with Crippen molar-refractivity contribution in [3.8, 4) is 0 Å². The van der Waals surface area contributed by atoms with Crippen LogP contribution in [0.4, 0.5) is 0 Å². The molecular formula is C16H23N7S. The fourth-order valence-electron chi connectivity index (χ4n) is 2.36. The number of nitrogens with two attached hydrogens (primary N) is 1. The van der Waals surface area contributed by atoms with Gasteiger partial charge in [0.05, 0.1) is 11.0 Å². The molecule has 1 aromatic carbocycles. The summed E-state index contributed by atoms with van der Waals surface area (Å²) in [7, 11) is 0. The lowest BCUT2D eigenvalue weighted by Gasteiger charge is -2.24. The Kier molecular flexibility index (Phi) is 6.51. The van der Waals surface area contributed by atoms with Gasteiger partial charge in [-0.25, -0.2) is 0 Å². The minimum absolute atomic E-state index is 0.0583. The molecule has 0 radical (unpaired) electrons. The topological polar surface area (TPSA) is 115 Å². The lowest BCUT2D eigenvalue weighted by Crippen LogP contribution is -2.36. The van der Waals surface area contributed by atoms with Gasteiger partial charge in [-0.15, -0.1) is 0 Å². The number of fused-ring (bicyclic) bond motifs is 1. The molecule has 7 nitrogen and oxygen atoms in total. The molecule has 1 aromatic heterocycles. The molecule has 0 saturated heterocycles. The first-order valence-corrected chi connectivity index (χ1v) is 8.62. The number of benzene rings is 1. The molecule has 8 heteroatoms. The predicted octanol–water partition coefficient (Wildman–Crippen LogP) is 2.16. The van der Waals surface area contributed by atoms with Crippen molar-refractivity contribution in [2.45, 2.75) is 19.9 Å². The van der Waals surface area contributed by atoms with Gasteiger partial charge in [-0.2, -0.15) is 0 Å². The van der Waals surface area contributed by atoms with Crippen molar-refractivity contribution in [1.29, 1.82) is 10.8 Å². The van der Waals surface area contributed by atoms with Crippen molar-refractivity contribution in [3.63, 3.8) is 0 Å². The first kappa shape index (κ1) is 18.2. The van der Waals surface area contributed by atoms with Crippen LogP contribution in [-0.2, 0) is 0 Å². The average Bonchev–Trinajstić information content (AvgIpc) is 2.57. The number of amidine groups is 2. The average molecular weight is 345 g/mol. The molecule has 0 aliphatic rings. The number of nitrogens with one attached hydrogen (secondary N) is 3. The summed E-state index contributed by atoms with van der Waals surface area (Å²) in [4.78, 5) is 10.5. The molecule has 128 valence electrons. The second-order valence-electron chi connectivity index (χ2n) is 5.33. The molecule has 0 aliphatic carbocycles. The normalized spacial score (nSPS) is 12.1. The SMILES string of the molecule is CCN(CCNC(C)c1ccc2nccnc2c1)C(=N)SC(=N)N. The molecule has 1 unspecified atom stereocenters. The van der Waals surface area contributed by atoms with E-state index in [0.717, 1.165) is 34.9 Å². The Labute approximate surface area is 146 Å². The monoisotopic (exact) mass is 345 g/mol. The van der Waals surface area contributed by atoms with Crippen LogP contribution in [0.3, 0.4) is 0 Å². The number of hydrogen-bond donors (Lipinski definition) is 4. The van der Waals surface area contributed by atoms with E-state index in [2.05, 4.69) is 28.3 Å². The number of hydrogen-bond acceptors (Lipinski definition) is 6. The first-order valence-electron chi connectivity index (χ1n) is 7.80. The third-order valence-electron chi connectivity index (χ3n) is 3.70. The highest BCUT2D eigenvalue weighted by Crippen LogP contribution is 2.17. The number of nitrogens with zero attached hydrogens (tertiary/aromatic N) is 3. The Bertz CT molecular complexity index is 718. The maximum atomic E-state index is 7.94. The molecule has 0 spiro atoms. The van der Waals surface area contributed by atoms with Gasteiger partial charge in [0, 0.05) is 38.1 Å². The van der Waals surface area contributed by atoms with E-state index in [1.807, 2.05) is 24.0 Å². The maximum Gasteiger partial charge on any atom is 0.164 e. The zero-order chi connectivity index (χ0) is 17.5. The summed E-state index contributed by atoms with van der Waals surface area (Å²) in [6, 6.07) is 6.25. The molecule has 1 heterocycles. The molecule has 0 fully saturated rings. The first-order chi connectivity index (χ1) is 11.5. The number of aromatic nitrogens is 2. The van der Waals surface area contributed by atoms with E-state index in [-0.39, 0.29) is 11.2 Å². The van der Waals surface area contributed by atoms with E-state index >= 15 is 0 Å². The van der Waals surface area contributed by atoms with Crippen molar-refractivity contribution in [2.75, 3.05) is 19.6 Å². The van der Waals surface area contributed by atoms with E-state index in [1.165, 1.54) is 0 Å². The highest BCUT2D eigenvalue weighted by molar-refractivity contribution is 8.26. The van der Waals surface area contributed by atoms with Crippen LogP contribution in [0.5, 0.6) is 0 Å². The summed E-state index contributed by atoms with van der Waals surface area (Å²) in [5.41, 5.74) is 8.27. The zero-order valence-corrected chi connectivity index (χ0v) is 14.7. The van der Waals surface area contributed by atoms with E-state index in [9.17, 15) is 0 Å². The lowest BCUT2D eigenvalue weighted by atomic mass is 10.1.